The van der Waals surface area contributed by atoms with Gasteiger partial charge in [0, 0.05) is 25.0 Å². The highest BCUT2D eigenvalue weighted by Gasteiger charge is 2.30. The minimum absolute atomic E-state index is 0.402. The van der Waals surface area contributed by atoms with Crippen molar-refractivity contribution in [2.24, 2.45) is 11.7 Å². The molecule has 118 valence electrons. The summed E-state index contributed by atoms with van der Waals surface area (Å²) in [6.07, 6.45) is 3.89. The van der Waals surface area contributed by atoms with Crippen LogP contribution in [0, 0.1) is 5.92 Å². The molecule has 1 fully saturated rings. The Bertz CT molecular complexity index is 433. The Balaban J connectivity index is 2.20. The highest BCUT2D eigenvalue weighted by Crippen LogP contribution is 2.31. The van der Waals surface area contributed by atoms with E-state index in [1.54, 1.807) is 7.11 Å². The smallest absolute Gasteiger partial charge is 0.119 e. The third-order valence-corrected chi connectivity index (χ3v) is 4.50. The summed E-state index contributed by atoms with van der Waals surface area (Å²) in [5.74, 6) is 2.03. The number of rotatable bonds is 6. The van der Waals surface area contributed by atoms with Crippen molar-refractivity contribution in [2.45, 2.75) is 45.1 Å². The molecule has 3 nitrogen and oxygen atoms in total. The van der Waals surface area contributed by atoms with Crippen LogP contribution in [0.1, 0.15) is 44.6 Å². The zero-order chi connectivity index (χ0) is 15.2. The summed E-state index contributed by atoms with van der Waals surface area (Å²) in [6.45, 7) is 7.68. The quantitative estimate of drug-likeness (QED) is 0.874. The lowest BCUT2D eigenvalue weighted by atomic mass is 9.84. The van der Waals surface area contributed by atoms with Crippen molar-refractivity contribution in [3.8, 4) is 5.75 Å². The molecular weight excluding hydrogens is 260 g/mol. The summed E-state index contributed by atoms with van der Waals surface area (Å²) in [6, 6.07) is 9.00. The molecule has 2 atom stereocenters. The van der Waals surface area contributed by atoms with Gasteiger partial charge in [-0.25, -0.2) is 0 Å². The summed E-state index contributed by atoms with van der Waals surface area (Å²) in [4.78, 5) is 2.66. The predicted molar refractivity (Wildman–Crippen MR) is 88.8 cm³/mol. The van der Waals surface area contributed by atoms with Gasteiger partial charge in [-0.15, -0.1) is 0 Å². The van der Waals surface area contributed by atoms with Crippen LogP contribution in [-0.4, -0.2) is 37.7 Å². The third kappa shape index (κ3) is 4.21. The van der Waals surface area contributed by atoms with Crippen LogP contribution >= 0.6 is 0 Å². The first-order valence-corrected chi connectivity index (χ1v) is 8.23. The molecule has 2 N–H and O–H groups in total. The van der Waals surface area contributed by atoms with E-state index in [0.717, 1.165) is 5.75 Å². The Morgan fingerprint density at radius 1 is 1.33 bits per heavy atom. The van der Waals surface area contributed by atoms with E-state index in [-0.39, 0.29) is 0 Å². The molecule has 21 heavy (non-hydrogen) atoms. The second-order valence-corrected chi connectivity index (χ2v) is 6.57. The molecule has 0 aromatic heterocycles. The molecule has 0 bridgehead atoms. The van der Waals surface area contributed by atoms with E-state index in [4.69, 9.17) is 10.5 Å². The van der Waals surface area contributed by atoms with Gasteiger partial charge < -0.3 is 10.5 Å². The molecule has 2 rings (SSSR count). The molecule has 3 heteroatoms. The Labute approximate surface area is 129 Å². The van der Waals surface area contributed by atoms with E-state index in [1.165, 1.54) is 37.9 Å². The van der Waals surface area contributed by atoms with Crippen LogP contribution in [0.3, 0.4) is 0 Å². The summed E-state index contributed by atoms with van der Waals surface area (Å²) < 4.78 is 5.37. The van der Waals surface area contributed by atoms with E-state index in [9.17, 15) is 0 Å². The van der Waals surface area contributed by atoms with E-state index in [2.05, 4.69) is 36.9 Å². The Hall–Kier alpha value is -1.06. The van der Waals surface area contributed by atoms with Crippen LogP contribution in [0.4, 0.5) is 0 Å². The molecule has 0 amide bonds. The highest BCUT2D eigenvalue weighted by molar-refractivity contribution is 5.32. The molecule has 1 aliphatic heterocycles. The number of nitrogens with zero attached hydrogens (tertiary/aromatic N) is 1. The van der Waals surface area contributed by atoms with E-state index >= 15 is 0 Å². The average molecular weight is 290 g/mol. The fourth-order valence-corrected chi connectivity index (χ4v) is 3.56. The van der Waals surface area contributed by atoms with Gasteiger partial charge in [0.15, 0.2) is 0 Å². The summed E-state index contributed by atoms with van der Waals surface area (Å²) in [5, 5.41) is 0. The molecule has 0 radical (unpaired) electrons. The van der Waals surface area contributed by atoms with E-state index < -0.39 is 0 Å². The second kappa shape index (κ2) is 7.81. The molecular formula is C18H30N2O. The number of ether oxygens (including phenoxy) is 1. The normalized spacial score (nSPS) is 21.5. The Kier molecular flexibility index (Phi) is 6.07. The fourth-order valence-electron chi connectivity index (χ4n) is 3.56. The summed E-state index contributed by atoms with van der Waals surface area (Å²) in [5.41, 5.74) is 7.47. The predicted octanol–water partition coefficient (Wildman–Crippen LogP) is 3.25. The summed E-state index contributed by atoms with van der Waals surface area (Å²) >= 11 is 0. The fraction of sp³-hybridized carbons (Fsp3) is 0.667. The first kappa shape index (κ1) is 16.3. The number of piperidine rings is 1. The molecule has 1 aliphatic rings. The van der Waals surface area contributed by atoms with Crippen molar-refractivity contribution in [3.05, 3.63) is 29.8 Å². The molecule has 1 saturated heterocycles. The maximum absolute atomic E-state index is 6.15. The second-order valence-electron chi connectivity index (χ2n) is 6.57. The van der Waals surface area contributed by atoms with Crippen molar-refractivity contribution < 1.29 is 4.74 Å². The van der Waals surface area contributed by atoms with Gasteiger partial charge in [0.05, 0.1) is 7.11 Å². The largest absolute Gasteiger partial charge is 0.497 e. The minimum Gasteiger partial charge on any atom is -0.497 e. The lowest BCUT2D eigenvalue weighted by Crippen LogP contribution is -2.46. The Morgan fingerprint density at radius 2 is 2.14 bits per heavy atom. The van der Waals surface area contributed by atoms with Crippen molar-refractivity contribution in [1.29, 1.82) is 0 Å². The number of hydrogen-bond acceptors (Lipinski definition) is 3. The third-order valence-electron chi connectivity index (χ3n) is 4.50. The topological polar surface area (TPSA) is 38.5 Å². The first-order valence-electron chi connectivity index (χ1n) is 8.23. The molecule has 0 aliphatic carbocycles. The lowest BCUT2D eigenvalue weighted by molar-refractivity contribution is 0.112. The maximum Gasteiger partial charge on any atom is 0.119 e. The Morgan fingerprint density at radius 3 is 2.81 bits per heavy atom. The van der Waals surface area contributed by atoms with Gasteiger partial charge in [-0.1, -0.05) is 32.4 Å². The molecule has 1 heterocycles. The average Bonchev–Trinajstić information content (AvgIpc) is 2.49. The van der Waals surface area contributed by atoms with Crippen molar-refractivity contribution in [2.75, 3.05) is 26.7 Å². The summed E-state index contributed by atoms with van der Waals surface area (Å²) in [7, 11) is 1.72. The highest BCUT2D eigenvalue weighted by atomic mass is 16.5. The van der Waals surface area contributed by atoms with Crippen LogP contribution in [-0.2, 0) is 0 Å². The SMILES string of the molecule is COc1cccc(C(CN)C2CCCCN2CC(C)C)c1. The number of benzene rings is 1. The minimum atomic E-state index is 0.402. The molecule has 0 spiro atoms. The molecule has 1 aromatic carbocycles. The zero-order valence-electron chi connectivity index (χ0n) is 13.7. The van der Waals surface area contributed by atoms with Gasteiger partial charge in [-0.05, 0) is 43.0 Å². The monoisotopic (exact) mass is 290 g/mol. The van der Waals surface area contributed by atoms with Crippen LogP contribution in [0.15, 0.2) is 24.3 Å². The first-order chi connectivity index (χ1) is 10.2. The van der Waals surface area contributed by atoms with Gasteiger partial charge in [0.1, 0.15) is 5.75 Å². The van der Waals surface area contributed by atoms with Crippen molar-refractivity contribution in [3.63, 3.8) is 0 Å². The maximum atomic E-state index is 6.15. The lowest BCUT2D eigenvalue weighted by Gasteiger charge is -2.41. The number of hydrogen-bond donors (Lipinski definition) is 1. The number of likely N-dealkylation sites (tertiary alicyclic amines) is 1. The van der Waals surface area contributed by atoms with Gasteiger partial charge >= 0.3 is 0 Å². The number of nitrogens with two attached hydrogens (primary N) is 1. The van der Waals surface area contributed by atoms with Crippen LogP contribution in [0.2, 0.25) is 0 Å². The van der Waals surface area contributed by atoms with E-state index in [0.29, 0.717) is 24.4 Å². The zero-order valence-corrected chi connectivity index (χ0v) is 13.7. The molecule has 1 aromatic rings. The van der Waals surface area contributed by atoms with Gasteiger partial charge in [-0.2, -0.15) is 0 Å². The van der Waals surface area contributed by atoms with Gasteiger partial charge in [0.25, 0.3) is 0 Å². The van der Waals surface area contributed by atoms with Crippen molar-refractivity contribution in [1.82, 2.24) is 4.90 Å². The van der Waals surface area contributed by atoms with Crippen LogP contribution in [0.5, 0.6) is 5.75 Å². The number of methoxy groups -OCH3 is 1. The molecule has 0 saturated carbocycles. The van der Waals surface area contributed by atoms with Crippen molar-refractivity contribution >= 4 is 0 Å². The van der Waals surface area contributed by atoms with Crippen LogP contribution < -0.4 is 10.5 Å². The van der Waals surface area contributed by atoms with E-state index in [1.807, 2.05) is 6.07 Å². The van der Waals surface area contributed by atoms with Crippen LogP contribution in [0.25, 0.3) is 0 Å². The van der Waals surface area contributed by atoms with Gasteiger partial charge in [-0.3, -0.25) is 4.90 Å². The molecule has 2 unspecified atom stereocenters. The van der Waals surface area contributed by atoms with Gasteiger partial charge in [0.2, 0.25) is 0 Å². The standard InChI is InChI=1S/C18H30N2O/c1-14(2)13-20-10-5-4-9-18(20)17(12-19)15-7-6-8-16(11-15)21-3/h6-8,11,14,17-18H,4-5,9-10,12-13,19H2,1-3H3.